The average Bonchev–Trinajstić information content (AvgIpc) is 3.29. The van der Waals surface area contributed by atoms with E-state index >= 15 is 0 Å². The first-order valence-corrected chi connectivity index (χ1v) is 10.2. The van der Waals surface area contributed by atoms with Crippen molar-refractivity contribution in [3.8, 4) is 5.82 Å². The van der Waals surface area contributed by atoms with Crippen LogP contribution in [0.15, 0.2) is 36.8 Å². The van der Waals surface area contributed by atoms with Crippen LogP contribution in [0.1, 0.15) is 52.4 Å². The van der Waals surface area contributed by atoms with Crippen LogP contribution in [-0.4, -0.2) is 48.6 Å². The third-order valence-electron chi connectivity index (χ3n) is 6.33. The summed E-state index contributed by atoms with van der Waals surface area (Å²) in [7, 11) is 0. The van der Waals surface area contributed by atoms with Crippen molar-refractivity contribution in [1.29, 1.82) is 0 Å². The zero-order chi connectivity index (χ0) is 20.0. The number of likely N-dealkylation sites (tertiary alicyclic amines) is 1. The molecule has 29 heavy (non-hydrogen) atoms. The monoisotopic (exact) mass is 388 g/mol. The summed E-state index contributed by atoms with van der Waals surface area (Å²) in [5, 5.41) is 4.42. The Morgan fingerprint density at radius 1 is 1.14 bits per heavy atom. The van der Waals surface area contributed by atoms with Crippen molar-refractivity contribution in [2.45, 2.75) is 44.9 Å². The van der Waals surface area contributed by atoms with Crippen LogP contribution in [0.3, 0.4) is 0 Å². The summed E-state index contributed by atoms with van der Waals surface area (Å²) in [5.41, 5.74) is 3.82. The highest BCUT2D eigenvalue weighted by Gasteiger charge is 2.45. The van der Waals surface area contributed by atoms with Crippen LogP contribution in [0.2, 0.25) is 0 Å². The Kier molecular flexibility index (Phi) is 4.19. The highest BCUT2D eigenvalue weighted by Crippen LogP contribution is 2.44. The quantitative estimate of drug-likeness (QED) is 0.675. The molecule has 1 atom stereocenters. The summed E-state index contributed by atoms with van der Waals surface area (Å²) in [6, 6.07) is 5.68. The molecule has 2 aliphatic rings. The van der Waals surface area contributed by atoms with Gasteiger partial charge in [0, 0.05) is 30.9 Å². The summed E-state index contributed by atoms with van der Waals surface area (Å²) in [6.45, 7) is 5.35. The number of piperidine rings is 1. The fourth-order valence-electron chi connectivity index (χ4n) is 4.83. The Labute approximate surface area is 169 Å². The van der Waals surface area contributed by atoms with Crippen molar-refractivity contribution in [2.24, 2.45) is 0 Å². The lowest BCUT2D eigenvalue weighted by atomic mass is 9.77. The molecule has 1 amide bonds. The van der Waals surface area contributed by atoms with Crippen molar-refractivity contribution < 1.29 is 4.79 Å². The van der Waals surface area contributed by atoms with Crippen molar-refractivity contribution in [3.63, 3.8) is 0 Å². The molecule has 3 aromatic heterocycles. The number of hydrogen-bond acceptors (Lipinski definition) is 5. The van der Waals surface area contributed by atoms with Crippen LogP contribution in [0, 0.1) is 13.8 Å². The van der Waals surface area contributed by atoms with Gasteiger partial charge in [0.15, 0.2) is 5.82 Å². The standard InChI is InChI=1S/C22H24N6O/c1-15-18(13-25-28(15)19-6-3-4-10-23-19)21(29)27-11-5-8-22(14-27)9-7-17-12-24-16(2)26-20(17)22/h3-4,6,10,12-13H,5,7-9,11,14H2,1-2H3. The van der Waals surface area contributed by atoms with Gasteiger partial charge in [-0.15, -0.1) is 0 Å². The number of hydrogen-bond donors (Lipinski definition) is 0. The van der Waals surface area contributed by atoms with E-state index < -0.39 is 0 Å². The molecule has 4 heterocycles. The van der Waals surface area contributed by atoms with Gasteiger partial charge in [-0.3, -0.25) is 4.79 Å². The molecule has 5 rings (SSSR count). The summed E-state index contributed by atoms with van der Waals surface area (Å²) >= 11 is 0. The lowest BCUT2D eigenvalue weighted by Gasteiger charge is -2.40. The van der Waals surface area contributed by atoms with Crippen LogP contribution in [0.25, 0.3) is 5.82 Å². The first kappa shape index (κ1) is 18.0. The van der Waals surface area contributed by atoms with Crippen molar-refractivity contribution >= 4 is 5.91 Å². The Morgan fingerprint density at radius 3 is 2.86 bits per heavy atom. The van der Waals surface area contributed by atoms with Gasteiger partial charge in [0.25, 0.3) is 5.91 Å². The molecule has 0 radical (unpaired) electrons. The third kappa shape index (κ3) is 2.92. The number of nitrogens with zero attached hydrogens (tertiary/aromatic N) is 6. The molecule has 7 heteroatoms. The summed E-state index contributed by atoms with van der Waals surface area (Å²) < 4.78 is 1.73. The van der Waals surface area contributed by atoms with E-state index in [9.17, 15) is 4.79 Å². The predicted molar refractivity (Wildman–Crippen MR) is 108 cm³/mol. The fourth-order valence-corrected chi connectivity index (χ4v) is 4.83. The van der Waals surface area contributed by atoms with E-state index in [0.717, 1.165) is 55.3 Å². The minimum atomic E-state index is -0.0399. The van der Waals surface area contributed by atoms with Gasteiger partial charge in [0.2, 0.25) is 0 Å². The normalized spacial score (nSPS) is 20.8. The molecule has 0 N–H and O–H groups in total. The second-order valence-electron chi connectivity index (χ2n) is 8.15. The first-order valence-electron chi connectivity index (χ1n) is 10.2. The van der Waals surface area contributed by atoms with Gasteiger partial charge in [-0.1, -0.05) is 6.07 Å². The highest BCUT2D eigenvalue weighted by molar-refractivity contribution is 5.95. The summed E-state index contributed by atoms with van der Waals surface area (Å²) in [4.78, 5) is 28.9. The summed E-state index contributed by atoms with van der Waals surface area (Å²) in [5.74, 6) is 1.57. The van der Waals surface area contributed by atoms with E-state index in [-0.39, 0.29) is 11.3 Å². The second-order valence-corrected chi connectivity index (χ2v) is 8.15. The molecule has 1 aliphatic heterocycles. The van der Waals surface area contributed by atoms with Crippen LogP contribution < -0.4 is 0 Å². The Hall–Kier alpha value is -3.09. The number of amides is 1. The zero-order valence-electron chi connectivity index (χ0n) is 16.8. The second kappa shape index (κ2) is 6.76. The number of aryl methyl sites for hydroxylation is 2. The van der Waals surface area contributed by atoms with Crippen molar-refractivity contribution in [2.75, 3.05) is 13.1 Å². The largest absolute Gasteiger partial charge is 0.338 e. The zero-order valence-corrected chi connectivity index (χ0v) is 16.8. The highest BCUT2D eigenvalue weighted by atomic mass is 16.2. The topological polar surface area (TPSA) is 76.8 Å². The predicted octanol–water partition coefficient (Wildman–Crippen LogP) is 2.79. The van der Waals surface area contributed by atoms with Crippen LogP contribution >= 0.6 is 0 Å². The van der Waals surface area contributed by atoms with Gasteiger partial charge < -0.3 is 4.90 Å². The molecule has 0 aromatic carbocycles. The fraction of sp³-hybridized carbons (Fsp3) is 0.409. The maximum atomic E-state index is 13.4. The van der Waals surface area contributed by atoms with Crippen LogP contribution in [0.5, 0.6) is 0 Å². The van der Waals surface area contributed by atoms with Gasteiger partial charge in [-0.05, 0) is 57.2 Å². The number of fused-ring (bicyclic) bond motifs is 2. The van der Waals surface area contributed by atoms with E-state index in [2.05, 4.69) is 15.1 Å². The maximum absolute atomic E-state index is 13.4. The number of aromatic nitrogens is 5. The minimum Gasteiger partial charge on any atom is -0.338 e. The number of carbonyl (C=O) groups excluding carboxylic acids is 1. The lowest BCUT2D eigenvalue weighted by molar-refractivity contribution is 0.0632. The van der Waals surface area contributed by atoms with E-state index in [0.29, 0.717) is 12.1 Å². The van der Waals surface area contributed by atoms with E-state index in [1.54, 1.807) is 17.1 Å². The Balaban J connectivity index is 1.44. The van der Waals surface area contributed by atoms with Gasteiger partial charge in [-0.25, -0.2) is 19.6 Å². The maximum Gasteiger partial charge on any atom is 0.257 e. The van der Waals surface area contributed by atoms with E-state index in [1.807, 2.05) is 43.1 Å². The van der Waals surface area contributed by atoms with E-state index in [4.69, 9.17) is 4.98 Å². The molecule has 1 fully saturated rings. The molecule has 7 nitrogen and oxygen atoms in total. The van der Waals surface area contributed by atoms with Gasteiger partial charge in [0.1, 0.15) is 5.82 Å². The first-order chi connectivity index (χ1) is 14.1. The van der Waals surface area contributed by atoms with Crippen LogP contribution in [-0.2, 0) is 11.8 Å². The molecule has 0 saturated carbocycles. The van der Waals surface area contributed by atoms with Gasteiger partial charge >= 0.3 is 0 Å². The van der Waals surface area contributed by atoms with Crippen LogP contribution in [0.4, 0.5) is 0 Å². The summed E-state index contributed by atoms with van der Waals surface area (Å²) in [6.07, 6.45) is 9.46. The molecule has 1 saturated heterocycles. The third-order valence-corrected chi connectivity index (χ3v) is 6.33. The molecule has 1 aliphatic carbocycles. The average molecular weight is 388 g/mol. The molecule has 1 unspecified atom stereocenters. The molecule has 1 spiro atoms. The molecular weight excluding hydrogens is 364 g/mol. The van der Waals surface area contributed by atoms with Crippen molar-refractivity contribution in [3.05, 3.63) is 65.1 Å². The molecule has 3 aromatic rings. The number of rotatable bonds is 2. The lowest BCUT2D eigenvalue weighted by Crippen LogP contribution is -2.48. The SMILES string of the molecule is Cc1ncc2c(n1)C1(CCCN(C(=O)c3cnn(-c4ccccn4)c3C)C1)CC2. The van der Waals surface area contributed by atoms with Gasteiger partial charge in [0.05, 0.1) is 23.1 Å². The number of pyridine rings is 1. The Bertz CT molecular complexity index is 1070. The molecular formula is C22H24N6O. The Morgan fingerprint density at radius 2 is 2.03 bits per heavy atom. The van der Waals surface area contributed by atoms with Crippen molar-refractivity contribution in [1.82, 2.24) is 29.6 Å². The number of carbonyl (C=O) groups is 1. The van der Waals surface area contributed by atoms with Gasteiger partial charge in [-0.2, -0.15) is 5.10 Å². The van der Waals surface area contributed by atoms with E-state index in [1.165, 1.54) is 5.56 Å². The molecule has 148 valence electrons. The molecule has 0 bridgehead atoms. The minimum absolute atomic E-state index is 0.0399. The smallest absolute Gasteiger partial charge is 0.257 e.